The summed E-state index contributed by atoms with van der Waals surface area (Å²) in [6.07, 6.45) is 2.84. The lowest BCUT2D eigenvalue weighted by Gasteiger charge is -2.27. The van der Waals surface area contributed by atoms with E-state index in [0.29, 0.717) is 11.9 Å². The van der Waals surface area contributed by atoms with E-state index in [2.05, 4.69) is 16.5 Å². The lowest BCUT2D eigenvalue weighted by Crippen LogP contribution is -2.33. The highest BCUT2D eigenvalue weighted by atomic mass is 16.5. The Balaban J connectivity index is 1.83. The molecule has 116 valence electrons. The minimum Gasteiger partial charge on any atom is -0.493 e. The SMILES string of the molecule is CC(C)(CCCNC1CCOc2ccccc21)C(N)=NO. The highest BCUT2D eigenvalue weighted by Crippen LogP contribution is 2.31. The smallest absolute Gasteiger partial charge is 0.144 e. The molecule has 1 aromatic carbocycles. The van der Waals surface area contributed by atoms with Crippen molar-refractivity contribution in [2.45, 2.75) is 39.2 Å². The van der Waals surface area contributed by atoms with E-state index in [9.17, 15) is 0 Å². The fraction of sp³-hybridized carbons (Fsp3) is 0.562. The van der Waals surface area contributed by atoms with Gasteiger partial charge in [-0.3, -0.25) is 0 Å². The first-order valence-electron chi connectivity index (χ1n) is 7.48. The van der Waals surface area contributed by atoms with Gasteiger partial charge >= 0.3 is 0 Å². The van der Waals surface area contributed by atoms with E-state index in [1.54, 1.807) is 0 Å². The van der Waals surface area contributed by atoms with Gasteiger partial charge in [-0.25, -0.2) is 0 Å². The summed E-state index contributed by atoms with van der Waals surface area (Å²) >= 11 is 0. The molecule has 1 atom stereocenters. The lowest BCUT2D eigenvalue weighted by molar-refractivity contribution is 0.251. The normalized spacial score (nSPS) is 19.0. The molecular formula is C16H25N3O2. The van der Waals surface area contributed by atoms with Crippen LogP contribution in [0.1, 0.15) is 44.7 Å². The van der Waals surface area contributed by atoms with Crippen LogP contribution in [0.25, 0.3) is 0 Å². The standard InChI is InChI=1S/C16H25N3O2/c1-16(2,15(17)19-20)9-5-10-18-13-8-11-21-14-7-4-3-6-12(13)14/h3-4,6-7,13,18,20H,5,8-11H2,1-2H3,(H2,17,19). The Bertz CT molecular complexity index is 500. The summed E-state index contributed by atoms with van der Waals surface area (Å²) in [5.41, 5.74) is 6.66. The van der Waals surface area contributed by atoms with Crippen molar-refractivity contribution in [2.24, 2.45) is 16.3 Å². The van der Waals surface area contributed by atoms with Crippen molar-refractivity contribution in [3.8, 4) is 5.75 Å². The maximum atomic E-state index is 8.77. The molecule has 0 fully saturated rings. The molecule has 0 aliphatic carbocycles. The van der Waals surface area contributed by atoms with Gasteiger partial charge in [0.05, 0.1) is 6.61 Å². The second-order valence-electron chi connectivity index (χ2n) is 6.15. The fourth-order valence-corrected chi connectivity index (χ4v) is 2.62. The highest BCUT2D eigenvalue weighted by molar-refractivity contribution is 5.85. The minimum absolute atomic E-state index is 0.274. The summed E-state index contributed by atoms with van der Waals surface area (Å²) in [5.74, 6) is 1.28. The van der Waals surface area contributed by atoms with Crippen LogP contribution in [0.3, 0.4) is 0 Å². The summed E-state index contributed by atoms with van der Waals surface area (Å²) in [4.78, 5) is 0. The van der Waals surface area contributed by atoms with E-state index >= 15 is 0 Å². The van der Waals surface area contributed by atoms with Crippen LogP contribution in [0.2, 0.25) is 0 Å². The summed E-state index contributed by atoms with van der Waals surface area (Å²) in [6, 6.07) is 8.53. The Morgan fingerprint density at radius 1 is 1.48 bits per heavy atom. The average Bonchev–Trinajstić information content (AvgIpc) is 2.50. The molecule has 2 rings (SSSR count). The number of hydrogen-bond donors (Lipinski definition) is 3. The van der Waals surface area contributed by atoms with E-state index in [1.165, 1.54) is 5.56 Å². The Morgan fingerprint density at radius 2 is 2.24 bits per heavy atom. The number of fused-ring (bicyclic) bond motifs is 1. The number of nitrogens with zero attached hydrogens (tertiary/aromatic N) is 1. The summed E-state index contributed by atoms with van der Waals surface area (Å²) in [6.45, 7) is 5.64. The number of rotatable bonds is 6. The zero-order valence-electron chi connectivity index (χ0n) is 12.8. The van der Waals surface area contributed by atoms with Crippen LogP contribution in [0.15, 0.2) is 29.4 Å². The largest absolute Gasteiger partial charge is 0.493 e. The van der Waals surface area contributed by atoms with Crippen molar-refractivity contribution in [1.29, 1.82) is 0 Å². The Labute approximate surface area is 126 Å². The number of hydrogen-bond acceptors (Lipinski definition) is 4. The van der Waals surface area contributed by atoms with Crippen LogP contribution in [0, 0.1) is 5.41 Å². The Hall–Kier alpha value is -1.75. The highest BCUT2D eigenvalue weighted by Gasteiger charge is 2.24. The summed E-state index contributed by atoms with van der Waals surface area (Å²) in [7, 11) is 0. The van der Waals surface area contributed by atoms with Crippen molar-refractivity contribution >= 4 is 5.84 Å². The lowest BCUT2D eigenvalue weighted by atomic mass is 9.86. The van der Waals surface area contributed by atoms with E-state index in [4.69, 9.17) is 15.7 Å². The third-order valence-corrected chi connectivity index (χ3v) is 4.13. The van der Waals surface area contributed by atoms with Gasteiger partial charge in [0.15, 0.2) is 0 Å². The third kappa shape index (κ3) is 3.88. The van der Waals surface area contributed by atoms with E-state index in [-0.39, 0.29) is 5.41 Å². The molecule has 1 aromatic rings. The maximum Gasteiger partial charge on any atom is 0.144 e. The van der Waals surface area contributed by atoms with Crippen molar-refractivity contribution < 1.29 is 9.94 Å². The molecular weight excluding hydrogens is 266 g/mol. The Morgan fingerprint density at radius 3 is 3.00 bits per heavy atom. The zero-order chi connectivity index (χ0) is 15.3. The number of oxime groups is 1. The van der Waals surface area contributed by atoms with Crippen LogP contribution < -0.4 is 15.8 Å². The molecule has 0 saturated carbocycles. The number of benzene rings is 1. The molecule has 21 heavy (non-hydrogen) atoms. The molecule has 0 aromatic heterocycles. The number of amidine groups is 1. The van der Waals surface area contributed by atoms with Gasteiger partial charge in [-0.15, -0.1) is 0 Å². The molecule has 0 bridgehead atoms. The molecule has 4 N–H and O–H groups in total. The van der Waals surface area contributed by atoms with Gasteiger partial charge in [-0.1, -0.05) is 37.2 Å². The molecule has 0 radical (unpaired) electrons. The number of ether oxygens (including phenoxy) is 1. The van der Waals surface area contributed by atoms with Crippen molar-refractivity contribution in [3.05, 3.63) is 29.8 Å². The van der Waals surface area contributed by atoms with Gasteiger partial charge in [-0.2, -0.15) is 0 Å². The first-order valence-corrected chi connectivity index (χ1v) is 7.48. The van der Waals surface area contributed by atoms with Gasteiger partial charge in [-0.05, 0) is 25.5 Å². The van der Waals surface area contributed by atoms with Crippen molar-refractivity contribution in [1.82, 2.24) is 5.32 Å². The predicted octanol–water partition coefficient (Wildman–Crippen LogP) is 2.65. The van der Waals surface area contributed by atoms with Crippen LogP contribution in [-0.2, 0) is 0 Å². The van der Waals surface area contributed by atoms with E-state index in [1.807, 2.05) is 32.0 Å². The van der Waals surface area contributed by atoms with E-state index < -0.39 is 0 Å². The molecule has 1 heterocycles. The van der Waals surface area contributed by atoms with E-state index in [0.717, 1.165) is 38.2 Å². The summed E-state index contributed by atoms with van der Waals surface area (Å²) < 4.78 is 5.66. The molecule has 5 heteroatoms. The molecule has 1 aliphatic rings. The van der Waals surface area contributed by atoms with Crippen molar-refractivity contribution in [2.75, 3.05) is 13.2 Å². The number of nitrogens with two attached hydrogens (primary N) is 1. The van der Waals surface area contributed by atoms with Gasteiger partial charge < -0.3 is 21.0 Å². The van der Waals surface area contributed by atoms with Crippen molar-refractivity contribution in [3.63, 3.8) is 0 Å². The molecule has 1 unspecified atom stereocenters. The molecule has 0 amide bonds. The zero-order valence-corrected chi connectivity index (χ0v) is 12.8. The average molecular weight is 291 g/mol. The fourth-order valence-electron chi connectivity index (χ4n) is 2.62. The van der Waals surface area contributed by atoms with Crippen LogP contribution in [0.5, 0.6) is 5.75 Å². The van der Waals surface area contributed by atoms with Crippen LogP contribution >= 0.6 is 0 Å². The molecule has 0 saturated heterocycles. The maximum absolute atomic E-state index is 8.77. The van der Waals surface area contributed by atoms with Crippen LogP contribution in [0.4, 0.5) is 0 Å². The van der Waals surface area contributed by atoms with Gasteiger partial charge in [0.25, 0.3) is 0 Å². The predicted molar refractivity (Wildman–Crippen MR) is 83.7 cm³/mol. The second-order valence-corrected chi connectivity index (χ2v) is 6.15. The molecule has 0 spiro atoms. The molecule has 1 aliphatic heterocycles. The van der Waals surface area contributed by atoms with Gasteiger partial charge in [0.2, 0.25) is 0 Å². The molecule has 5 nitrogen and oxygen atoms in total. The Kier molecular flexibility index (Phi) is 5.07. The third-order valence-electron chi connectivity index (χ3n) is 4.13. The summed E-state index contributed by atoms with van der Waals surface area (Å²) in [5, 5.41) is 15.5. The van der Waals surface area contributed by atoms with Crippen LogP contribution in [-0.4, -0.2) is 24.2 Å². The quantitative estimate of drug-likeness (QED) is 0.247. The van der Waals surface area contributed by atoms with Gasteiger partial charge in [0.1, 0.15) is 11.6 Å². The number of para-hydroxylation sites is 1. The monoisotopic (exact) mass is 291 g/mol. The minimum atomic E-state index is -0.274. The second kappa shape index (κ2) is 6.80. The first-order chi connectivity index (χ1) is 10.0. The van der Waals surface area contributed by atoms with Gasteiger partial charge in [0, 0.05) is 23.4 Å². The number of nitrogens with one attached hydrogen (secondary N) is 1. The topological polar surface area (TPSA) is 79.9 Å². The first kappa shape index (κ1) is 15.6.